The lowest BCUT2D eigenvalue weighted by atomic mass is 10.2. The van der Waals surface area contributed by atoms with Crippen molar-refractivity contribution in [2.45, 2.75) is 59.3 Å². The van der Waals surface area contributed by atoms with Crippen LogP contribution in [0, 0.1) is 0 Å². The Labute approximate surface area is 137 Å². The van der Waals surface area contributed by atoms with E-state index in [9.17, 15) is 9.59 Å². The van der Waals surface area contributed by atoms with Crippen molar-refractivity contribution < 1.29 is 19.1 Å². The molecule has 0 aromatic heterocycles. The fourth-order valence-corrected chi connectivity index (χ4v) is 1.71. The van der Waals surface area contributed by atoms with Gasteiger partial charge in [-0.15, -0.1) is 0 Å². The van der Waals surface area contributed by atoms with Crippen LogP contribution in [-0.2, 0) is 16.1 Å². The Morgan fingerprint density at radius 2 is 1.83 bits per heavy atom. The summed E-state index contributed by atoms with van der Waals surface area (Å²) in [4.78, 5) is 24.1. The molecule has 1 atom stereocenters. The Morgan fingerprint density at radius 3 is 2.35 bits per heavy atom. The van der Waals surface area contributed by atoms with E-state index in [1.807, 2.05) is 44.2 Å². The van der Waals surface area contributed by atoms with E-state index >= 15 is 0 Å². The van der Waals surface area contributed by atoms with Gasteiger partial charge < -0.3 is 9.47 Å². The van der Waals surface area contributed by atoms with Gasteiger partial charge in [0, 0.05) is 0 Å². The molecule has 0 aliphatic carbocycles. The summed E-state index contributed by atoms with van der Waals surface area (Å²) in [5.41, 5.74) is 2.70. The van der Waals surface area contributed by atoms with Crippen molar-refractivity contribution in [1.29, 1.82) is 0 Å². The third kappa shape index (κ3) is 7.04. The quantitative estimate of drug-likeness (QED) is 0.855. The Morgan fingerprint density at radius 1 is 1.22 bits per heavy atom. The van der Waals surface area contributed by atoms with Crippen molar-refractivity contribution in [2.75, 3.05) is 0 Å². The Hall–Kier alpha value is -2.24. The highest BCUT2D eigenvalue weighted by atomic mass is 16.6. The highest BCUT2D eigenvalue weighted by molar-refractivity contribution is 5.74. The first-order chi connectivity index (χ1) is 10.7. The molecule has 128 valence electrons. The number of rotatable bonds is 4. The molecule has 0 radical (unpaired) electrons. The highest BCUT2D eigenvalue weighted by Gasteiger charge is 2.25. The monoisotopic (exact) mass is 322 g/mol. The van der Waals surface area contributed by atoms with Gasteiger partial charge in [-0.05, 0) is 39.7 Å². The first kappa shape index (κ1) is 18.8. The molecule has 0 aliphatic heterocycles. The van der Waals surface area contributed by atoms with Gasteiger partial charge in [0.05, 0.1) is 6.04 Å². The molecule has 0 aliphatic rings. The summed E-state index contributed by atoms with van der Waals surface area (Å²) in [5, 5.41) is 1.16. The molecular formula is C17H26N2O4. The van der Waals surface area contributed by atoms with Gasteiger partial charge >= 0.3 is 12.2 Å². The maximum Gasteiger partial charge on any atom is 0.429 e. The molecule has 1 aromatic rings. The molecule has 6 heteroatoms. The zero-order chi connectivity index (χ0) is 17.5. The summed E-state index contributed by atoms with van der Waals surface area (Å²) < 4.78 is 10.4. The lowest BCUT2D eigenvalue weighted by Crippen LogP contribution is -2.52. The molecule has 0 bridgehead atoms. The minimum Gasteiger partial charge on any atom is -0.443 e. The van der Waals surface area contributed by atoms with Crippen LogP contribution in [0.1, 0.15) is 46.6 Å². The van der Waals surface area contributed by atoms with Crippen molar-refractivity contribution >= 4 is 12.2 Å². The van der Waals surface area contributed by atoms with Crippen LogP contribution in [0.5, 0.6) is 0 Å². The Bertz CT molecular complexity index is 511. The minimum absolute atomic E-state index is 0.141. The smallest absolute Gasteiger partial charge is 0.429 e. The number of benzene rings is 1. The summed E-state index contributed by atoms with van der Waals surface area (Å²) in [5.74, 6) is 0. The molecule has 0 unspecified atom stereocenters. The normalized spacial score (nSPS) is 12.2. The maximum atomic E-state index is 12.3. The predicted octanol–water partition coefficient (Wildman–Crippen LogP) is 3.86. The van der Waals surface area contributed by atoms with Crippen LogP contribution in [0.25, 0.3) is 0 Å². The number of carbonyl (C=O) groups excluding carboxylic acids is 2. The summed E-state index contributed by atoms with van der Waals surface area (Å²) in [7, 11) is 0. The van der Waals surface area contributed by atoms with E-state index in [1.54, 1.807) is 20.8 Å². The van der Waals surface area contributed by atoms with Gasteiger partial charge in [-0.2, -0.15) is 0 Å². The molecule has 2 amide bonds. The summed E-state index contributed by atoms with van der Waals surface area (Å²) in [6.45, 7) is 9.15. The van der Waals surface area contributed by atoms with E-state index in [2.05, 4.69) is 5.43 Å². The number of hydrazine groups is 1. The minimum atomic E-state index is -0.686. The fourth-order valence-electron chi connectivity index (χ4n) is 1.71. The summed E-state index contributed by atoms with van der Waals surface area (Å²) >= 11 is 0. The second kappa shape index (κ2) is 8.41. The summed E-state index contributed by atoms with van der Waals surface area (Å²) in [6, 6.07) is 9.14. The van der Waals surface area contributed by atoms with Crippen LogP contribution in [0.15, 0.2) is 30.3 Å². The van der Waals surface area contributed by atoms with Gasteiger partial charge in [0.2, 0.25) is 0 Å². The van der Waals surface area contributed by atoms with E-state index in [0.29, 0.717) is 6.42 Å². The van der Waals surface area contributed by atoms with Crippen LogP contribution >= 0.6 is 0 Å². The van der Waals surface area contributed by atoms with E-state index in [-0.39, 0.29) is 12.6 Å². The largest absolute Gasteiger partial charge is 0.443 e. The predicted molar refractivity (Wildman–Crippen MR) is 87.6 cm³/mol. The van der Waals surface area contributed by atoms with Crippen LogP contribution < -0.4 is 5.43 Å². The highest BCUT2D eigenvalue weighted by Crippen LogP contribution is 2.10. The molecule has 6 nitrogen and oxygen atoms in total. The average Bonchev–Trinajstić information content (AvgIpc) is 2.49. The van der Waals surface area contributed by atoms with Gasteiger partial charge in [-0.3, -0.25) is 0 Å². The van der Waals surface area contributed by atoms with E-state index in [1.165, 1.54) is 0 Å². The molecule has 1 rings (SSSR count). The molecule has 0 saturated carbocycles. The number of amides is 2. The average molecular weight is 322 g/mol. The maximum absolute atomic E-state index is 12.3. The van der Waals surface area contributed by atoms with Crippen LogP contribution in [0.4, 0.5) is 9.59 Å². The van der Waals surface area contributed by atoms with Gasteiger partial charge in [-0.1, -0.05) is 37.3 Å². The number of hydrogen-bond donors (Lipinski definition) is 1. The fraction of sp³-hybridized carbons (Fsp3) is 0.529. The topological polar surface area (TPSA) is 67.9 Å². The zero-order valence-corrected chi connectivity index (χ0v) is 14.5. The van der Waals surface area contributed by atoms with Crippen molar-refractivity contribution in [2.24, 2.45) is 0 Å². The Kier molecular flexibility index (Phi) is 6.88. The SMILES string of the molecule is CC[C@H](C)N(NC(=O)OC(C)(C)C)C(=O)OCc1ccccc1. The molecule has 23 heavy (non-hydrogen) atoms. The van der Waals surface area contributed by atoms with E-state index in [4.69, 9.17) is 9.47 Å². The van der Waals surface area contributed by atoms with Gasteiger partial charge in [0.1, 0.15) is 12.2 Å². The molecule has 0 heterocycles. The van der Waals surface area contributed by atoms with Crippen molar-refractivity contribution in [1.82, 2.24) is 10.4 Å². The number of carbonyl (C=O) groups is 2. The molecular weight excluding hydrogens is 296 g/mol. The lowest BCUT2D eigenvalue weighted by molar-refractivity contribution is 0.0184. The molecule has 0 fully saturated rings. The molecule has 1 N–H and O–H groups in total. The molecule has 0 saturated heterocycles. The first-order valence-electron chi connectivity index (χ1n) is 7.72. The second-order valence-electron chi connectivity index (χ2n) is 6.28. The van der Waals surface area contributed by atoms with Gasteiger partial charge in [0.15, 0.2) is 0 Å². The van der Waals surface area contributed by atoms with Crippen molar-refractivity contribution in [3.8, 4) is 0 Å². The van der Waals surface area contributed by atoms with Crippen LogP contribution in [0.2, 0.25) is 0 Å². The third-order valence-corrected chi connectivity index (χ3v) is 3.04. The van der Waals surface area contributed by atoms with Crippen molar-refractivity contribution in [3.63, 3.8) is 0 Å². The zero-order valence-electron chi connectivity index (χ0n) is 14.5. The second-order valence-corrected chi connectivity index (χ2v) is 6.28. The van der Waals surface area contributed by atoms with Gasteiger partial charge in [0.25, 0.3) is 0 Å². The third-order valence-electron chi connectivity index (χ3n) is 3.04. The lowest BCUT2D eigenvalue weighted by Gasteiger charge is -2.29. The standard InChI is InChI=1S/C17H26N2O4/c1-6-13(2)19(18-15(20)23-17(3,4)5)16(21)22-12-14-10-8-7-9-11-14/h7-11,13H,6,12H2,1-5H3,(H,18,20)/t13-/m0/s1. The Balaban J connectivity index is 2.65. The van der Waals surface area contributed by atoms with E-state index in [0.717, 1.165) is 10.6 Å². The number of hydrogen-bond acceptors (Lipinski definition) is 4. The molecule has 0 spiro atoms. The van der Waals surface area contributed by atoms with Gasteiger partial charge in [-0.25, -0.2) is 20.0 Å². The number of nitrogens with zero attached hydrogens (tertiary/aromatic N) is 1. The first-order valence-corrected chi connectivity index (χ1v) is 7.72. The van der Waals surface area contributed by atoms with Crippen LogP contribution in [0.3, 0.4) is 0 Å². The number of nitrogens with one attached hydrogen (secondary N) is 1. The van der Waals surface area contributed by atoms with Crippen LogP contribution in [-0.4, -0.2) is 28.8 Å². The summed E-state index contributed by atoms with van der Waals surface area (Å²) in [6.07, 6.45) is -0.639. The molecule has 1 aromatic carbocycles. The van der Waals surface area contributed by atoms with E-state index < -0.39 is 17.8 Å². The van der Waals surface area contributed by atoms with Crippen molar-refractivity contribution in [3.05, 3.63) is 35.9 Å². The number of ether oxygens (including phenoxy) is 2.